The molecule has 1 aromatic heterocycles. The third kappa shape index (κ3) is 2.83. The van der Waals surface area contributed by atoms with Crippen molar-refractivity contribution in [1.82, 2.24) is 4.98 Å². The van der Waals surface area contributed by atoms with Crippen LogP contribution in [0.2, 0.25) is 0 Å². The SMILES string of the molecule is COC(=O)CCc1cc[nH]c1C(=O)OC. The molecule has 1 rings (SSSR count). The van der Waals surface area contributed by atoms with Gasteiger partial charge in [0.2, 0.25) is 0 Å². The van der Waals surface area contributed by atoms with Crippen molar-refractivity contribution in [3.63, 3.8) is 0 Å². The number of nitrogens with one attached hydrogen (secondary N) is 1. The Labute approximate surface area is 87.4 Å². The Balaban J connectivity index is 2.65. The summed E-state index contributed by atoms with van der Waals surface area (Å²) in [6.45, 7) is 0. The van der Waals surface area contributed by atoms with Gasteiger partial charge in [0.15, 0.2) is 0 Å². The quantitative estimate of drug-likeness (QED) is 0.751. The minimum atomic E-state index is -0.431. The zero-order valence-electron chi connectivity index (χ0n) is 8.70. The number of rotatable bonds is 4. The molecule has 0 fully saturated rings. The average molecular weight is 211 g/mol. The van der Waals surface area contributed by atoms with Crippen molar-refractivity contribution in [2.24, 2.45) is 0 Å². The normalized spacial score (nSPS) is 9.73. The number of esters is 2. The minimum Gasteiger partial charge on any atom is -0.469 e. The Morgan fingerprint density at radius 3 is 2.67 bits per heavy atom. The smallest absolute Gasteiger partial charge is 0.354 e. The van der Waals surface area contributed by atoms with Crippen LogP contribution in [0.5, 0.6) is 0 Å². The Morgan fingerprint density at radius 2 is 2.07 bits per heavy atom. The molecule has 0 aliphatic heterocycles. The summed E-state index contributed by atoms with van der Waals surface area (Å²) in [5, 5.41) is 0. The maximum atomic E-state index is 11.2. The predicted molar refractivity (Wildman–Crippen MR) is 52.5 cm³/mol. The number of aromatic nitrogens is 1. The van der Waals surface area contributed by atoms with Crippen molar-refractivity contribution in [3.05, 3.63) is 23.5 Å². The highest BCUT2D eigenvalue weighted by molar-refractivity contribution is 5.89. The number of hydrogen-bond acceptors (Lipinski definition) is 4. The van der Waals surface area contributed by atoms with Crippen LogP contribution in [0.1, 0.15) is 22.5 Å². The molecule has 15 heavy (non-hydrogen) atoms. The molecule has 0 unspecified atom stereocenters. The summed E-state index contributed by atoms with van der Waals surface area (Å²) in [6, 6.07) is 1.75. The van der Waals surface area contributed by atoms with Crippen molar-refractivity contribution >= 4 is 11.9 Å². The van der Waals surface area contributed by atoms with E-state index in [9.17, 15) is 9.59 Å². The van der Waals surface area contributed by atoms with E-state index in [1.807, 2.05) is 0 Å². The van der Waals surface area contributed by atoms with Crippen molar-refractivity contribution in [3.8, 4) is 0 Å². The molecule has 5 heteroatoms. The summed E-state index contributed by atoms with van der Waals surface area (Å²) in [5.74, 6) is -0.730. The number of aryl methyl sites for hydroxylation is 1. The van der Waals surface area contributed by atoms with E-state index in [2.05, 4.69) is 14.5 Å². The first-order valence-corrected chi connectivity index (χ1v) is 4.50. The van der Waals surface area contributed by atoms with Gasteiger partial charge in [0, 0.05) is 12.6 Å². The predicted octanol–water partition coefficient (Wildman–Crippen LogP) is 0.907. The maximum Gasteiger partial charge on any atom is 0.354 e. The molecule has 0 saturated heterocycles. The highest BCUT2D eigenvalue weighted by Crippen LogP contribution is 2.10. The summed E-state index contributed by atoms with van der Waals surface area (Å²) >= 11 is 0. The molecule has 1 N–H and O–H groups in total. The van der Waals surface area contributed by atoms with Crippen molar-refractivity contribution in [2.45, 2.75) is 12.8 Å². The molecule has 0 atom stereocenters. The average Bonchev–Trinajstić information content (AvgIpc) is 2.72. The van der Waals surface area contributed by atoms with Crippen molar-refractivity contribution < 1.29 is 19.1 Å². The second-order valence-electron chi connectivity index (χ2n) is 2.95. The van der Waals surface area contributed by atoms with Gasteiger partial charge in [-0.3, -0.25) is 4.79 Å². The first-order valence-electron chi connectivity index (χ1n) is 4.50. The third-order valence-corrected chi connectivity index (χ3v) is 2.05. The fourth-order valence-corrected chi connectivity index (χ4v) is 1.24. The van der Waals surface area contributed by atoms with Gasteiger partial charge in [-0.05, 0) is 18.1 Å². The first-order chi connectivity index (χ1) is 7.19. The Kier molecular flexibility index (Phi) is 3.91. The third-order valence-electron chi connectivity index (χ3n) is 2.05. The van der Waals surface area contributed by atoms with Crippen LogP contribution in [0.3, 0.4) is 0 Å². The number of H-pyrrole nitrogens is 1. The lowest BCUT2D eigenvalue weighted by atomic mass is 10.1. The molecule has 0 radical (unpaired) electrons. The van der Waals surface area contributed by atoms with Crippen LogP contribution in [0.25, 0.3) is 0 Å². The van der Waals surface area contributed by atoms with E-state index in [0.717, 1.165) is 5.56 Å². The Hall–Kier alpha value is -1.78. The number of carbonyl (C=O) groups is 2. The van der Waals surface area contributed by atoms with Crippen LogP contribution in [-0.2, 0) is 20.7 Å². The zero-order valence-corrected chi connectivity index (χ0v) is 8.70. The fraction of sp³-hybridized carbons (Fsp3) is 0.400. The molecular formula is C10H13NO4. The Bertz CT molecular complexity index is 356. The van der Waals surface area contributed by atoms with Crippen LogP contribution in [0.4, 0.5) is 0 Å². The molecule has 0 aromatic carbocycles. The topological polar surface area (TPSA) is 68.4 Å². The number of aromatic amines is 1. The van der Waals surface area contributed by atoms with Gasteiger partial charge in [0.1, 0.15) is 5.69 Å². The van der Waals surface area contributed by atoms with E-state index in [-0.39, 0.29) is 12.4 Å². The largest absolute Gasteiger partial charge is 0.469 e. The molecule has 0 amide bonds. The van der Waals surface area contributed by atoms with E-state index in [1.54, 1.807) is 12.3 Å². The second kappa shape index (κ2) is 5.19. The molecule has 1 heterocycles. The van der Waals surface area contributed by atoms with Crippen LogP contribution in [0.15, 0.2) is 12.3 Å². The second-order valence-corrected chi connectivity index (χ2v) is 2.95. The summed E-state index contributed by atoms with van der Waals surface area (Å²) < 4.78 is 9.09. The summed E-state index contributed by atoms with van der Waals surface area (Å²) in [4.78, 5) is 24.9. The van der Waals surface area contributed by atoms with Gasteiger partial charge < -0.3 is 14.5 Å². The van der Waals surface area contributed by atoms with Crippen LogP contribution >= 0.6 is 0 Å². The first kappa shape index (κ1) is 11.3. The van der Waals surface area contributed by atoms with Crippen molar-refractivity contribution in [1.29, 1.82) is 0 Å². The fourth-order valence-electron chi connectivity index (χ4n) is 1.24. The summed E-state index contributed by atoms with van der Waals surface area (Å²) in [6.07, 6.45) is 2.35. The summed E-state index contributed by atoms with van der Waals surface area (Å²) in [7, 11) is 2.65. The highest BCUT2D eigenvalue weighted by Gasteiger charge is 2.13. The Morgan fingerprint density at radius 1 is 1.33 bits per heavy atom. The highest BCUT2D eigenvalue weighted by atomic mass is 16.5. The van der Waals surface area contributed by atoms with Gasteiger partial charge in [0.25, 0.3) is 0 Å². The lowest BCUT2D eigenvalue weighted by molar-refractivity contribution is -0.140. The number of carbonyl (C=O) groups excluding carboxylic acids is 2. The molecule has 0 spiro atoms. The molecule has 5 nitrogen and oxygen atoms in total. The van der Waals surface area contributed by atoms with E-state index in [1.165, 1.54) is 14.2 Å². The van der Waals surface area contributed by atoms with E-state index in [0.29, 0.717) is 12.1 Å². The van der Waals surface area contributed by atoms with E-state index in [4.69, 9.17) is 0 Å². The number of ether oxygens (including phenoxy) is 2. The molecule has 0 bridgehead atoms. The van der Waals surface area contributed by atoms with E-state index < -0.39 is 5.97 Å². The van der Waals surface area contributed by atoms with Crippen LogP contribution in [-0.4, -0.2) is 31.1 Å². The molecule has 82 valence electrons. The summed E-state index contributed by atoms with van der Waals surface area (Å²) in [5.41, 5.74) is 1.15. The molecule has 1 aromatic rings. The van der Waals surface area contributed by atoms with Crippen LogP contribution in [0, 0.1) is 0 Å². The van der Waals surface area contributed by atoms with Gasteiger partial charge in [-0.25, -0.2) is 4.79 Å². The molecule has 0 aliphatic carbocycles. The molecular weight excluding hydrogens is 198 g/mol. The molecule has 0 saturated carbocycles. The lowest BCUT2D eigenvalue weighted by Gasteiger charge is -2.01. The lowest BCUT2D eigenvalue weighted by Crippen LogP contribution is -2.07. The minimum absolute atomic E-state index is 0.248. The van der Waals surface area contributed by atoms with Crippen molar-refractivity contribution in [2.75, 3.05) is 14.2 Å². The zero-order chi connectivity index (χ0) is 11.3. The van der Waals surface area contributed by atoms with E-state index >= 15 is 0 Å². The van der Waals surface area contributed by atoms with Gasteiger partial charge in [-0.15, -0.1) is 0 Å². The van der Waals surface area contributed by atoms with Gasteiger partial charge in [-0.1, -0.05) is 0 Å². The molecule has 0 aliphatic rings. The number of hydrogen-bond donors (Lipinski definition) is 1. The van der Waals surface area contributed by atoms with Gasteiger partial charge in [-0.2, -0.15) is 0 Å². The van der Waals surface area contributed by atoms with Crippen LogP contribution < -0.4 is 0 Å². The monoisotopic (exact) mass is 211 g/mol. The standard InChI is InChI=1S/C10H13NO4/c1-14-8(12)4-3-7-5-6-11-9(7)10(13)15-2/h5-6,11H,3-4H2,1-2H3. The van der Waals surface area contributed by atoms with Gasteiger partial charge >= 0.3 is 11.9 Å². The maximum absolute atomic E-state index is 11.2. The van der Waals surface area contributed by atoms with Gasteiger partial charge in [0.05, 0.1) is 14.2 Å². The number of methoxy groups -OCH3 is 2.